The van der Waals surface area contributed by atoms with Gasteiger partial charge >= 0.3 is 6.16 Å². The summed E-state index contributed by atoms with van der Waals surface area (Å²) in [6.07, 6.45) is 1.20. The van der Waals surface area contributed by atoms with Crippen LogP contribution < -0.4 is 5.32 Å². The van der Waals surface area contributed by atoms with Crippen LogP contribution in [0.5, 0.6) is 0 Å². The van der Waals surface area contributed by atoms with Crippen molar-refractivity contribution >= 4 is 18.6 Å². The van der Waals surface area contributed by atoms with Crippen molar-refractivity contribution in [3.8, 4) is 0 Å². The van der Waals surface area contributed by atoms with Gasteiger partial charge in [-0.25, -0.2) is 4.79 Å². The molecule has 0 aromatic heterocycles. The molecule has 0 amide bonds. The summed E-state index contributed by atoms with van der Waals surface area (Å²) in [6.45, 7) is 0.918. The molecule has 5 heteroatoms. The SMILES string of the molecule is COC(=O)OC1CCCN1.Cl. The minimum atomic E-state index is -0.612. The maximum atomic E-state index is 10.5. The van der Waals surface area contributed by atoms with Crippen molar-refractivity contribution in [3.05, 3.63) is 0 Å². The average molecular weight is 182 g/mol. The molecule has 1 fully saturated rings. The Balaban J connectivity index is 0.000001000. The number of carbonyl (C=O) groups excluding carboxylic acids is 1. The van der Waals surface area contributed by atoms with Crippen molar-refractivity contribution in [3.63, 3.8) is 0 Å². The molecule has 4 nitrogen and oxygen atoms in total. The number of hydrogen-bond donors (Lipinski definition) is 1. The molecule has 0 aromatic rings. The minimum absolute atomic E-state index is 0. The lowest BCUT2D eigenvalue weighted by molar-refractivity contribution is 0.0316. The Hall–Kier alpha value is -0.480. The van der Waals surface area contributed by atoms with Gasteiger partial charge in [0, 0.05) is 0 Å². The zero-order valence-corrected chi connectivity index (χ0v) is 7.15. The maximum Gasteiger partial charge on any atom is 0.509 e. The first-order chi connectivity index (χ1) is 4.83. The lowest BCUT2D eigenvalue weighted by Crippen LogP contribution is -2.27. The fourth-order valence-corrected chi connectivity index (χ4v) is 0.917. The molecule has 1 unspecified atom stereocenters. The van der Waals surface area contributed by atoms with E-state index in [0.717, 1.165) is 19.4 Å². The summed E-state index contributed by atoms with van der Waals surface area (Å²) in [4.78, 5) is 10.5. The predicted octanol–water partition coefficient (Wildman–Crippen LogP) is 0.901. The van der Waals surface area contributed by atoms with Gasteiger partial charge in [-0.2, -0.15) is 0 Å². The highest BCUT2D eigenvalue weighted by atomic mass is 35.5. The van der Waals surface area contributed by atoms with Crippen molar-refractivity contribution in [1.29, 1.82) is 0 Å². The molecule has 0 bridgehead atoms. The van der Waals surface area contributed by atoms with Gasteiger partial charge < -0.3 is 9.47 Å². The van der Waals surface area contributed by atoms with Crippen LogP contribution >= 0.6 is 12.4 Å². The fourth-order valence-electron chi connectivity index (χ4n) is 0.917. The van der Waals surface area contributed by atoms with Crippen molar-refractivity contribution in [2.24, 2.45) is 0 Å². The summed E-state index contributed by atoms with van der Waals surface area (Å²) >= 11 is 0. The number of nitrogens with one attached hydrogen (secondary N) is 1. The smallest absolute Gasteiger partial charge is 0.438 e. The second-order valence-corrected chi connectivity index (χ2v) is 2.16. The summed E-state index contributed by atoms with van der Waals surface area (Å²) in [5, 5.41) is 3.00. The van der Waals surface area contributed by atoms with E-state index in [2.05, 4.69) is 10.1 Å². The van der Waals surface area contributed by atoms with Gasteiger partial charge in [0.2, 0.25) is 0 Å². The third-order valence-electron chi connectivity index (χ3n) is 1.42. The van der Waals surface area contributed by atoms with Gasteiger partial charge in [0.25, 0.3) is 0 Å². The van der Waals surface area contributed by atoms with Crippen LogP contribution in [0.3, 0.4) is 0 Å². The third kappa shape index (κ3) is 3.43. The third-order valence-corrected chi connectivity index (χ3v) is 1.42. The molecule has 1 saturated heterocycles. The van der Waals surface area contributed by atoms with Gasteiger partial charge in [-0.05, 0) is 19.4 Å². The highest BCUT2D eigenvalue weighted by molar-refractivity contribution is 5.85. The fraction of sp³-hybridized carbons (Fsp3) is 0.833. The number of rotatable bonds is 1. The Morgan fingerprint density at radius 2 is 2.36 bits per heavy atom. The maximum absolute atomic E-state index is 10.5. The summed E-state index contributed by atoms with van der Waals surface area (Å²) in [7, 11) is 1.30. The topological polar surface area (TPSA) is 47.6 Å². The molecule has 1 N–H and O–H groups in total. The first kappa shape index (κ1) is 10.5. The van der Waals surface area contributed by atoms with Crippen LogP contribution in [0.25, 0.3) is 0 Å². The molecule has 0 aromatic carbocycles. The minimum Gasteiger partial charge on any atom is -0.438 e. The molecule has 11 heavy (non-hydrogen) atoms. The van der Waals surface area contributed by atoms with Crippen LogP contribution in [0.2, 0.25) is 0 Å². The molecule has 1 atom stereocenters. The van der Waals surface area contributed by atoms with Crippen molar-refractivity contribution < 1.29 is 14.3 Å². The van der Waals surface area contributed by atoms with Crippen LogP contribution in [0.4, 0.5) is 4.79 Å². The van der Waals surface area contributed by atoms with E-state index in [-0.39, 0.29) is 18.6 Å². The Bertz CT molecular complexity index is 125. The molecule has 1 heterocycles. The first-order valence-electron chi connectivity index (χ1n) is 3.31. The Labute approximate surface area is 71.6 Å². The predicted molar refractivity (Wildman–Crippen MR) is 41.8 cm³/mol. The summed E-state index contributed by atoms with van der Waals surface area (Å²) in [6, 6.07) is 0. The van der Waals surface area contributed by atoms with Gasteiger partial charge in [0.05, 0.1) is 7.11 Å². The summed E-state index contributed by atoms with van der Waals surface area (Å²) < 4.78 is 9.10. The standard InChI is InChI=1S/C6H11NO3.ClH/c1-9-6(8)10-5-3-2-4-7-5;/h5,7H,2-4H2,1H3;1H. The molecule has 0 saturated carbocycles. The quantitative estimate of drug-likeness (QED) is 0.611. The van der Waals surface area contributed by atoms with Gasteiger partial charge in [0.15, 0.2) is 6.23 Å². The summed E-state index contributed by atoms with van der Waals surface area (Å²) in [5.74, 6) is 0. The molecule has 0 spiro atoms. The first-order valence-corrected chi connectivity index (χ1v) is 3.31. The molecule has 0 aliphatic carbocycles. The number of halogens is 1. The lowest BCUT2D eigenvalue weighted by Gasteiger charge is -2.09. The molecule has 1 aliphatic rings. The van der Waals surface area contributed by atoms with Crippen LogP contribution in [0, 0.1) is 0 Å². The Morgan fingerprint density at radius 3 is 2.82 bits per heavy atom. The van der Waals surface area contributed by atoms with Gasteiger partial charge in [-0.15, -0.1) is 12.4 Å². The van der Waals surface area contributed by atoms with E-state index < -0.39 is 6.16 Å². The average Bonchev–Trinajstić information content (AvgIpc) is 2.40. The van der Waals surface area contributed by atoms with E-state index in [4.69, 9.17) is 4.74 Å². The molecular weight excluding hydrogens is 170 g/mol. The molecule has 0 radical (unpaired) electrons. The summed E-state index contributed by atoms with van der Waals surface area (Å²) in [5.41, 5.74) is 0. The number of methoxy groups -OCH3 is 1. The van der Waals surface area contributed by atoms with E-state index in [0.29, 0.717) is 0 Å². The van der Waals surface area contributed by atoms with Crippen LogP contribution in [-0.2, 0) is 9.47 Å². The Morgan fingerprint density at radius 1 is 1.64 bits per heavy atom. The van der Waals surface area contributed by atoms with Crippen molar-refractivity contribution in [2.45, 2.75) is 19.1 Å². The normalized spacial score (nSPS) is 22.1. The van der Waals surface area contributed by atoms with E-state index in [1.807, 2.05) is 0 Å². The van der Waals surface area contributed by atoms with E-state index in [1.165, 1.54) is 7.11 Å². The van der Waals surface area contributed by atoms with E-state index in [9.17, 15) is 4.79 Å². The molecular formula is C6H12ClNO3. The van der Waals surface area contributed by atoms with Crippen molar-refractivity contribution in [1.82, 2.24) is 5.32 Å². The molecule has 66 valence electrons. The Kier molecular flexibility index (Phi) is 4.98. The zero-order valence-electron chi connectivity index (χ0n) is 6.33. The van der Waals surface area contributed by atoms with Crippen LogP contribution in [0.15, 0.2) is 0 Å². The highest BCUT2D eigenvalue weighted by Crippen LogP contribution is 2.06. The van der Waals surface area contributed by atoms with Crippen LogP contribution in [0.1, 0.15) is 12.8 Å². The molecule has 1 aliphatic heterocycles. The lowest BCUT2D eigenvalue weighted by atomic mass is 10.4. The second-order valence-electron chi connectivity index (χ2n) is 2.16. The number of carbonyl (C=O) groups is 1. The van der Waals surface area contributed by atoms with Gasteiger partial charge in [-0.1, -0.05) is 0 Å². The van der Waals surface area contributed by atoms with Gasteiger partial charge in [-0.3, -0.25) is 5.32 Å². The number of ether oxygens (including phenoxy) is 2. The van der Waals surface area contributed by atoms with E-state index >= 15 is 0 Å². The van der Waals surface area contributed by atoms with Crippen LogP contribution in [-0.4, -0.2) is 26.0 Å². The van der Waals surface area contributed by atoms with Crippen molar-refractivity contribution in [2.75, 3.05) is 13.7 Å². The highest BCUT2D eigenvalue weighted by Gasteiger charge is 2.17. The largest absolute Gasteiger partial charge is 0.509 e. The number of hydrogen-bond acceptors (Lipinski definition) is 4. The molecule has 1 rings (SSSR count). The van der Waals surface area contributed by atoms with E-state index in [1.54, 1.807) is 0 Å². The monoisotopic (exact) mass is 181 g/mol. The second kappa shape index (κ2) is 5.21. The van der Waals surface area contributed by atoms with Gasteiger partial charge in [0.1, 0.15) is 0 Å². The zero-order chi connectivity index (χ0) is 7.40.